The third kappa shape index (κ3) is 5.85. The van der Waals surface area contributed by atoms with Crippen molar-refractivity contribution in [3.63, 3.8) is 0 Å². The second-order valence-electron chi connectivity index (χ2n) is 7.91. The molecule has 2 aliphatic carbocycles. The molecule has 1 heterocycles. The number of hydrogen-bond donors (Lipinski definition) is 1. The lowest BCUT2D eigenvalue weighted by atomic mass is 9.88. The van der Waals surface area contributed by atoms with Gasteiger partial charge in [0.05, 0.1) is 0 Å². The second-order valence-corrected chi connectivity index (χ2v) is 7.91. The van der Waals surface area contributed by atoms with Crippen LogP contribution in [0.2, 0.25) is 0 Å². The summed E-state index contributed by atoms with van der Waals surface area (Å²) >= 11 is 0. The van der Waals surface area contributed by atoms with E-state index in [4.69, 9.17) is 5.26 Å². The highest BCUT2D eigenvalue weighted by Gasteiger charge is 2.23. The summed E-state index contributed by atoms with van der Waals surface area (Å²) in [6.45, 7) is 1.34. The van der Waals surface area contributed by atoms with Gasteiger partial charge in [-0.2, -0.15) is 5.26 Å². The molecule has 2 fully saturated rings. The molecule has 0 radical (unpaired) electrons. The summed E-state index contributed by atoms with van der Waals surface area (Å²) in [6.07, 6.45) is 25.9. The first-order valence-electron chi connectivity index (χ1n) is 10.5. The van der Waals surface area contributed by atoms with Gasteiger partial charge in [-0.3, -0.25) is 4.79 Å². The Balaban J connectivity index is 1.58. The van der Waals surface area contributed by atoms with Crippen LogP contribution in [0.5, 0.6) is 0 Å². The van der Waals surface area contributed by atoms with Crippen LogP contribution >= 0.6 is 0 Å². The molecule has 0 spiro atoms. The Labute approximate surface area is 163 Å². The minimum Gasteiger partial charge on any atom is -0.347 e. The third-order valence-electron chi connectivity index (χ3n) is 5.88. The molecule has 0 unspecified atom stereocenters. The summed E-state index contributed by atoms with van der Waals surface area (Å²) in [4.78, 5) is 14.2. The molecule has 1 atom stereocenters. The monoisotopic (exact) mass is 365 g/mol. The lowest BCUT2D eigenvalue weighted by Gasteiger charge is -2.18. The molecule has 1 saturated carbocycles. The summed E-state index contributed by atoms with van der Waals surface area (Å²) in [5.41, 5.74) is 2.07. The van der Waals surface area contributed by atoms with Gasteiger partial charge in [0, 0.05) is 24.7 Å². The van der Waals surface area contributed by atoms with Crippen molar-refractivity contribution < 1.29 is 4.79 Å². The lowest BCUT2D eigenvalue weighted by molar-refractivity contribution is -0.117. The molecular formula is C23H31N3O. The number of hydrogen-bond acceptors (Lipinski definition) is 3. The molecule has 3 aliphatic rings. The third-order valence-corrected chi connectivity index (χ3v) is 5.88. The van der Waals surface area contributed by atoms with Crippen LogP contribution < -0.4 is 5.32 Å². The average molecular weight is 366 g/mol. The predicted octanol–water partition coefficient (Wildman–Crippen LogP) is 4.39. The zero-order chi connectivity index (χ0) is 18.9. The summed E-state index contributed by atoms with van der Waals surface area (Å²) < 4.78 is 0. The van der Waals surface area contributed by atoms with Gasteiger partial charge >= 0.3 is 0 Å². The van der Waals surface area contributed by atoms with Gasteiger partial charge in [0.25, 0.3) is 5.91 Å². The molecule has 144 valence electrons. The number of carbonyl (C=O) groups is 1. The van der Waals surface area contributed by atoms with Crippen molar-refractivity contribution in [3.8, 4) is 6.19 Å². The maximum Gasteiger partial charge on any atom is 0.251 e. The average Bonchev–Trinajstić information content (AvgIpc) is 3.13. The van der Waals surface area contributed by atoms with Crippen LogP contribution in [0.25, 0.3) is 0 Å². The first-order valence-corrected chi connectivity index (χ1v) is 10.5. The van der Waals surface area contributed by atoms with E-state index >= 15 is 0 Å². The molecule has 1 N–H and O–H groups in total. The van der Waals surface area contributed by atoms with E-state index in [0.29, 0.717) is 18.0 Å². The molecule has 0 bridgehead atoms. The number of amides is 1. The van der Waals surface area contributed by atoms with Crippen molar-refractivity contribution in [1.82, 2.24) is 10.2 Å². The van der Waals surface area contributed by atoms with Gasteiger partial charge in [-0.05, 0) is 42.9 Å². The van der Waals surface area contributed by atoms with Crippen molar-refractivity contribution in [1.29, 1.82) is 5.26 Å². The number of nitrogens with zero attached hydrogens (tertiary/aromatic N) is 2. The molecular weight excluding hydrogens is 334 g/mol. The largest absolute Gasteiger partial charge is 0.347 e. The maximum atomic E-state index is 12.5. The molecule has 1 amide bonds. The fraction of sp³-hybridized carbons (Fsp3) is 0.565. The van der Waals surface area contributed by atoms with Gasteiger partial charge in [-0.1, -0.05) is 62.8 Å². The molecule has 1 saturated heterocycles. The Morgan fingerprint density at radius 3 is 2.41 bits per heavy atom. The van der Waals surface area contributed by atoms with E-state index in [-0.39, 0.29) is 11.9 Å². The van der Waals surface area contributed by atoms with Crippen LogP contribution in [-0.4, -0.2) is 29.9 Å². The SMILES string of the molecule is N#CN1CC[C@@H](NC(=O)C2=C/C=C\C(C3CCCCCCCC3)=C/C=C\2)C1. The smallest absolute Gasteiger partial charge is 0.251 e. The summed E-state index contributed by atoms with van der Waals surface area (Å²) in [5.74, 6) is 0.586. The van der Waals surface area contributed by atoms with Crippen LogP contribution in [0.3, 0.4) is 0 Å². The van der Waals surface area contributed by atoms with E-state index in [1.54, 1.807) is 4.90 Å². The Morgan fingerprint density at radius 1 is 1.00 bits per heavy atom. The van der Waals surface area contributed by atoms with Gasteiger partial charge < -0.3 is 10.2 Å². The Morgan fingerprint density at radius 2 is 1.70 bits per heavy atom. The van der Waals surface area contributed by atoms with E-state index in [0.717, 1.165) is 13.0 Å². The van der Waals surface area contributed by atoms with Crippen LogP contribution in [0.4, 0.5) is 0 Å². The predicted molar refractivity (Wildman–Crippen MR) is 109 cm³/mol. The first kappa shape index (κ1) is 19.5. The van der Waals surface area contributed by atoms with Crippen molar-refractivity contribution >= 4 is 5.91 Å². The fourth-order valence-electron chi connectivity index (χ4n) is 4.26. The van der Waals surface area contributed by atoms with Crippen molar-refractivity contribution in [2.45, 2.75) is 63.8 Å². The molecule has 4 heteroatoms. The van der Waals surface area contributed by atoms with E-state index in [2.05, 4.69) is 23.7 Å². The van der Waals surface area contributed by atoms with Gasteiger partial charge in [0.1, 0.15) is 0 Å². The number of likely N-dealkylation sites (tertiary alicyclic amines) is 1. The molecule has 0 aromatic heterocycles. The highest BCUT2D eigenvalue weighted by Crippen LogP contribution is 2.29. The van der Waals surface area contributed by atoms with E-state index in [1.807, 2.05) is 24.3 Å². The van der Waals surface area contributed by atoms with Crippen LogP contribution in [0, 0.1) is 17.4 Å². The summed E-state index contributed by atoms with van der Waals surface area (Å²) in [7, 11) is 0. The number of nitrogens with one attached hydrogen (secondary N) is 1. The van der Waals surface area contributed by atoms with Gasteiger partial charge in [0.15, 0.2) is 6.19 Å². The quantitative estimate of drug-likeness (QED) is 0.755. The van der Waals surface area contributed by atoms with Crippen LogP contribution in [-0.2, 0) is 4.79 Å². The van der Waals surface area contributed by atoms with Crippen molar-refractivity contribution in [2.24, 2.45) is 5.92 Å². The second kappa shape index (κ2) is 10.2. The van der Waals surface area contributed by atoms with Crippen molar-refractivity contribution in [2.75, 3.05) is 13.1 Å². The zero-order valence-corrected chi connectivity index (χ0v) is 16.2. The molecule has 4 nitrogen and oxygen atoms in total. The number of nitriles is 1. The maximum absolute atomic E-state index is 12.5. The highest BCUT2D eigenvalue weighted by molar-refractivity contribution is 5.96. The van der Waals surface area contributed by atoms with E-state index < -0.39 is 0 Å². The zero-order valence-electron chi connectivity index (χ0n) is 16.2. The molecule has 1 aliphatic heterocycles. The Kier molecular flexibility index (Phi) is 7.33. The topological polar surface area (TPSA) is 56.1 Å². The Bertz CT molecular complexity index is 670. The van der Waals surface area contributed by atoms with Gasteiger partial charge in [-0.25, -0.2) is 0 Å². The fourth-order valence-corrected chi connectivity index (χ4v) is 4.26. The molecule has 0 aromatic rings. The molecule has 0 aromatic carbocycles. The van der Waals surface area contributed by atoms with Gasteiger partial charge in [-0.15, -0.1) is 0 Å². The molecule has 27 heavy (non-hydrogen) atoms. The normalized spacial score (nSPS) is 30.8. The van der Waals surface area contributed by atoms with E-state index in [1.165, 1.54) is 56.9 Å². The standard InChI is InChI=1S/C23H31N3O/c24-18-26-16-15-22(17-26)25-23(27)21-13-7-11-20(12-8-14-21)19-9-5-3-1-2-4-6-10-19/h7-8,11-14,19,22H,1-6,9-10,15-17H2,(H,25,27)/b11-7-,12-8?,13-7?,14-8-,20-11?,20-12+,21-13+,21-14?/t22-/m1/s1. The van der Waals surface area contributed by atoms with E-state index in [9.17, 15) is 4.79 Å². The number of allylic oxidation sites excluding steroid dienone is 6. The Hall–Kier alpha value is -2.28. The number of carbonyl (C=O) groups excluding carboxylic acids is 1. The number of rotatable bonds is 3. The minimum absolute atomic E-state index is 0.0556. The summed E-state index contributed by atoms with van der Waals surface area (Å²) in [5, 5.41) is 12.0. The van der Waals surface area contributed by atoms with Crippen LogP contribution in [0.1, 0.15) is 57.8 Å². The lowest BCUT2D eigenvalue weighted by Crippen LogP contribution is -2.37. The minimum atomic E-state index is -0.0556. The molecule has 3 rings (SSSR count). The highest BCUT2D eigenvalue weighted by atomic mass is 16.1. The van der Waals surface area contributed by atoms with Crippen LogP contribution in [0.15, 0.2) is 47.6 Å². The first-order chi connectivity index (χ1) is 13.3. The van der Waals surface area contributed by atoms with Gasteiger partial charge in [0.2, 0.25) is 0 Å². The van der Waals surface area contributed by atoms with Crippen molar-refractivity contribution in [3.05, 3.63) is 47.6 Å². The summed E-state index contributed by atoms with van der Waals surface area (Å²) in [6, 6.07) is 0.0610.